The molecule has 1 amide bonds. The van der Waals surface area contributed by atoms with Crippen LogP contribution in [-0.4, -0.2) is 65.4 Å². The lowest BCUT2D eigenvalue weighted by Gasteiger charge is -2.27. The van der Waals surface area contributed by atoms with E-state index in [0.29, 0.717) is 25.9 Å². The Labute approximate surface area is 164 Å². The summed E-state index contributed by atoms with van der Waals surface area (Å²) >= 11 is 6.10. The van der Waals surface area contributed by atoms with Crippen molar-refractivity contribution in [1.82, 2.24) is 4.31 Å². The van der Waals surface area contributed by atoms with E-state index in [1.54, 1.807) is 0 Å². The third-order valence-electron chi connectivity index (χ3n) is 4.63. The van der Waals surface area contributed by atoms with Gasteiger partial charge in [0.25, 0.3) is 5.91 Å². The van der Waals surface area contributed by atoms with Gasteiger partial charge in [0.2, 0.25) is 10.0 Å². The van der Waals surface area contributed by atoms with Crippen molar-refractivity contribution in [1.29, 1.82) is 0 Å². The topological polar surface area (TPSA) is 97.2 Å². The van der Waals surface area contributed by atoms with Crippen molar-refractivity contribution in [2.45, 2.75) is 17.7 Å². The van der Waals surface area contributed by atoms with Crippen LogP contribution in [0.2, 0.25) is 5.02 Å². The molecule has 0 aliphatic carbocycles. The highest BCUT2D eigenvalue weighted by Crippen LogP contribution is 2.26. The number of piperidine rings is 1. The van der Waals surface area contributed by atoms with Crippen molar-refractivity contribution >= 4 is 39.2 Å². The number of halogens is 1. The van der Waals surface area contributed by atoms with Crippen LogP contribution in [0.3, 0.4) is 0 Å². The van der Waals surface area contributed by atoms with Crippen molar-refractivity contribution in [2.24, 2.45) is 5.92 Å². The van der Waals surface area contributed by atoms with Gasteiger partial charge in [-0.2, -0.15) is 0 Å². The molecule has 27 heavy (non-hydrogen) atoms. The molecule has 0 saturated carbocycles. The summed E-state index contributed by atoms with van der Waals surface area (Å²) in [4.78, 5) is 25.0. The third-order valence-corrected chi connectivity index (χ3v) is 6.77. The molecular weight excluding hydrogens is 394 g/mol. The van der Waals surface area contributed by atoms with E-state index in [4.69, 9.17) is 16.3 Å². The van der Waals surface area contributed by atoms with Crippen LogP contribution in [0.4, 0.5) is 5.69 Å². The van der Waals surface area contributed by atoms with Crippen molar-refractivity contribution < 1.29 is 27.6 Å². The second-order valence-electron chi connectivity index (χ2n) is 6.70. The summed E-state index contributed by atoms with van der Waals surface area (Å²) < 4.78 is 30.3. The summed E-state index contributed by atoms with van der Waals surface area (Å²) in [5.41, 5.74) is 0.258. The number of sulfonamides is 1. The largest absolute Gasteiger partial charge is 0.469 e. The number of hydrogen-bond acceptors (Lipinski definition) is 5. The van der Waals surface area contributed by atoms with Gasteiger partial charge in [0.15, 0.2) is 6.54 Å². The molecule has 1 aliphatic rings. The molecule has 0 radical (unpaired) electrons. The molecule has 2 rings (SSSR count). The van der Waals surface area contributed by atoms with Crippen LogP contribution in [0.25, 0.3) is 0 Å². The first kappa shape index (κ1) is 21.6. The summed E-state index contributed by atoms with van der Waals surface area (Å²) in [7, 11) is 0.625. The first-order valence-corrected chi connectivity index (χ1v) is 10.4. The zero-order valence-corrected chi connectivity index (χ0v) is 17.2. The van der Waals surface area contributed by atoms with E-state index in [2.05, 4.69) is 5.32 Å². The number of nitrogens with zero attached hydrogens (tertiary/aromatic N) is 1. The lowest BCUT2D eigenvalue weighted by atomic mass is 9.97. The summed E-state index contributed by atoms with van der Waals surface area (Å²) in [6.45, 7) is 1.60. The molecule has 2 N–H and O–H groups in total. The Morgan fingerprint density at radius 3 is 2.48 bits per heavy atom. The minimum atomic E-state index is -3.62. The Kier molecular flexibility index (Phi) is 7.21. The smallest absolute Gasteiger partial charge is 0.309 e. The van der Waals surface area contributed by atoms with Gasteiger partial charge in [-0.25, -0.2) is 12.7 Å². The minimum Gasteiger partial charge on any atom is -0.469 e. The number of nitrogens with one attached hydrogen (secondary N) is 2. The van der Waals surface area contributed by atoms with Crippen LogP contribution in [0, 0.1) is 5.92 Å². The number of carbonyl (C=O) groups is 2. The number of likely N-dealkylation sites (tertiary alicyclic amines) is 1. The number of rotatable bonds is 6. The van der Waals surface area contributed by atoms with E-state index >= 15 is 0 Å². The maximum absolute atomic E-state index is 12.4. The van der Waals surface area contributed by atoms with Crippen LogP contribution < -0.4 is 10.2 Å². The fraction of sp³-hybridized carbons (Fsp3) is 0.529. The van der Waals surface area contributed by atoms with Crippen molar-refractivity contribution in [3.63, 3.8) is 0 Å². The average molecular weight is 419 g/mol. The van der Waals surface area contributed by atoms with E-state index in [1.807, 2.05) is 0 Å². The highest BCUT2D eigenvalue weighted by molar-refractivity contribution is 7.89. The summed E-state index contributed by atoms with van der Waals surface area (Å²) in [5, 5.41) is 2.95. The number of hydrogen-bond donors (Lipinski definition) is 2. The zero-order chi connectivity index (χ0) is 20.2. The first-order chi connectivity index (χ1) is 12.6. The van der Waals surface area contributed by atoms with Crippen molar-refractivity contribution in [2.75, 3.05) is 46.2 Å². The molecule has 0 spiro atoms. The number of quaternary nitrogens is 1. The molecule has 1 fully saturated rings. The standard InChI is InChI=1S/C17H24ClN3O5S/c1-20(2)27(24,25)13-4-5-14(18)15(10-13)19-16(22)11-21-8-6-12(7-9-21)17(23)26-3/h4-5,10,12H,6-9,11H2,1-3H3,(H,19,22)/p+1. The van der Waals surface area contributed by atoms with Crippen molar-refractivity contribution in [3.8, 4) is 0 Å². The lowest BCUT2D eigenvalue weighted by molar-refractivity contribution is -0.897. The highest BCUT2D eigenvalue weighted by atomic mass is 35.5. The molecule has 1 saturated heterocycles. The quantitative estimate of drug-likeness (QED) is 0.634. The molecule has 0 aromatic heterocycles. The van der Waals surface area contributed by atoms with E-state index in [9.17, 15) is 18.0 Å². The molecule has 0 unspecified atom stereocenters. The molecule has 10 heteroatoms. The van der Waals surface area contributed by atoms with E-state index in [-0.39, 0.29) is 39.9 Å². The van der Waals surface area contributed by atoms with Crippen molar-refractivity contribution in [3.05, 3.63) is 23.2 Å². The minimum absolute atomic E-state index is 0.0541. The molecule has 1 aromatic carbocycles. The average Bonchev–Trinajstić information content (AvgIpc) is 2.63. The predicted molar refractivity (Wildman–Crippen MR) is 101 cm³/mol. The zero-order valence-electron chi connectivity index (χ0n) is 15.6. The van der Waals surface area contributed by atoms with Crippen LogP contribution in [-0.2, 0) is 24.3 Å². The maximum atomic E-state index is 12.4. The van der Waals surface area contributed by atoms with Gasteiger partial charge < -0.3 is 15.0 Å². The van der Waals surface area contributed by atoms with Gasteiger partial charge in [0, 0.05) is 26.9 Å². The second kappa shape index (κ2) is 9.01. The highest BCUT2D eigenvalue weighted by Gasteiger charge is 2.29. The molecule has 1 heterocycles. The van der Waals surface area contributed by atoms with E-state index in [1.165, 1.54) is 39.4 Å². The monoisotopic (exact) mass is 418 g/mol. The van der Waals surface area contributed by atoms with Crippen LogP contribution in [0.15, 0.2) is 23.1 Å². The molecule has 150 valence electrons. The molecule has 0 atom stereocenters. The van der Waals surface area contributed by atoms with Gasteiger partial charge in [-0.05, 0) is 18.2 Å². The Balaban J connectivity index is 1.99. The Morgan fingerprint density at radius 2 is 1.93 bits per heavy atom. The number of ether oxygens (including phenoxy) is 1. The number of anilines is 1. The molecule has 8 nitrogen and oxygen atoms in total. The van der Waals surface area contributed by atoms with Gasteiger partial charge >= 0.3 is 5.97 Å². The Bertz CT molecular complexity index is 805. The van der Waals surface area contributed by atoms with Gasteiger partial charge in [-0.1, -0.05) is 11.6 Å². The van der Waals surface area contributed by atoms with E-state index < -0.39 is 10.0 Å². The molecule has 0 bridgehead atoms. The van der Waals surface area contributed by atoms with E-state index in [0.717, 1.165) is 9.21 Å². The number of esters is 1. The SMILES string of the molecule is COC(=O)C1CC[NH+](CC(=O)Nc2cc(S(=O)(=O)N(C)C)ccc2Cl)CC1. The number of benzene rings is 1. The van der Waals surface area contributed by atoms with Crippen LogP contribution in [0.5, 0.6) is 0 Å². The van der Waals surface area contributed by atoms with Gasteiger partial charge in [0.05, 0.1) is 41.7 Å². The van der Waals surface area contributed by atoms with Gasteiger partial charge in [-0.15, -0.1) is 0 Å². The maximum Gasteiger partial charge on any atom is 0.309 e. The third kappa shape index (κ3) is 5.41. The fourth-order valence-electron chi connectivity index (χ4n) is 3.00. The predicted octanol–water partition coefficient (Wildman–Crippen LogP) is -0.00330. The van der Waals surface area contributed by atoms with Crippen LogP contribution >= 0.6 is 11.6 Å². The molecule has 1 aliphatic heterocycles. The van der Waals surface area contributed by atoms with Gasteiger partial charge in [-0.3, -0.25) is 9.59 Å². The molecular formula is C17H25ClN3O5S+. The summed E-state index contributed by atoms with van der Waals surface area (Å²) in [6, 6.07) is 4.20. The Morgan fingerprint density at radius 1 is 1.30 bits per heavy atom. The van der Waals surface area contributed by atoms with Crippen LogP contribution in [0.1, 0.15) is 12.8 Å². The first-order valence-electron chi connectivity index (χ1n) is 8.58. The molecule has 1 aromatic rings. The Hall–Kier alpha value is -1.68. The fourth-order valence-corrected chi connectivity index (χ4v) is 4.09. The number of carbonyl (C=O) groups excluding carboxylic acids is 2. The summed E-state index contributed by atoms with van der Waals surface area (Å²) in [6.07, 6.45) is 1.35. The summed E-state index contributed by atoms with van der Waals surface area (Å²) in [5.74, 6) is -0.573. The lowest BCUT2D eigenvalue weighted by Crippen LogP contribution is -3.14. The number of methoxy groups -OCH3 is 1. The number of amides is 1. The van der Waals surface area contributed by atoms with Gasteiger partial charge in [0.1, 0.15) is 0 Å². The normalized spacial score (nSPS) is 20.3. The second-order valence-corrected chi connectivity index (χ2v) is 9.26.